The monoisotopic (exact) mass is 298 g/mol. The van der Waals surface area contributed by atoms with Crippen molar-refractivity contribution in [3.05, 3.63) is 29.8 Å². The molecule has 0 heterocycles. The van der Waals surface area contributed by atoms with Crippen LogP contribution in [0.3, 0.4) is 0 Å². The molecule has 0 radical (unpaired) electrons. The summed E-state index contributed by atoms with van der Waals surface area (Å²) in [7, 11) is 0. The predicted octanol–water partition coefficient (Wildman–Crippen LogP) is 2.64. The first-order valence-corrected chi connectivity index (χ1v) is 8.34. The van der Waals surface area contributed by atoms with E-state index in [1.54, 1.807) is 0 Å². The molecule has 1 atom stereocenters. The summed E-state index contributed by atoms with van der Waals surface area (Å²) < 4.78 is 0. The van der Waals surface area contributed by atoms with Gasteiger partial charge in [-0.2, -0.15) is 0 Å². The van der Waals surface area contributed by atoms with Crippen LogP contribution in [0.4, 0.5) is 5.69 Å². The van der Waals surface area contributed by atoms with Crippen LogP contribution in [0.2, 0.25) is 0 Å². The number of amides is 2. The Labute approximate surface area is 130 Å². The first-order chi connectivity index (χ1) is 10.6. The van der Waals surface area contributed by atoms with Crippen molar-refractivity contribution in [1.82, 2.24) is 5.32 Å². The highest BCUT2D eigenvalue weighted by molar-refractivity contribution is 5.95. The highest BCUT2D eigenvalue weighted by atomic mass is 16.2. The Hall–Kier alpha value is -1.84. The van der Waals surface area contributed by atoms with Crippen LogP contribution < -0.4 is 10.6 Å². The van der Waals surface area contributed by atoms with Gasteiger partial charge in [0.2, 0.25) is 11.8 Å². The van der Waals surface area contributed by atoms with Crippen molar-refractivity contribution in [1.29, 1.82) is 0 Å². The number of carbonyl (C=O) groups is 2. The summed E-state index contributed by atoms with van der Waals surface area (Å²) in [5, 5.41) is 6.00. The second-order valence-corrected chi connectivity index (χ2v) is 7.18. The van der Waals surface area contributed by atoms with Gasteiger partial charge in [-0.15, -0.1) is 0 Å². The summed E-state index contributed by atoms with van der Waals surface area (Å²) in [5.41, 5.74) is 2.18. The maximum atomic E-state index is 12.2. The van der Waals surface area contributed by atoms with Crippen molar-refractivity contribution in [2.45, 2.75) is 51.0 Å². The average Bonchev–Trinajstić information content (AvgIpc) is 3.32. The van der Waals surface area contributed by atoms with E-state index in [-0.39, 0.29) is 17.7 Å². The zero-order valence-corrected chi connectivity index (χ0v) is 12.7. The van der Waals surface area contributed by atoms with Crippen LogP contribution in [-0.2, 0) is 16.0 Å². The van der Waals surface area contributed by atoms with E-state index < -0.39 is 0 Å². The molecule has 1 aromatic carbocycles. The lowest BCUT2D eigenvalue weighted by molar-refractivity contribution is -0.120. The Balaban J connectivity index is 1.29. The van der Waals surface area contributed by atoms with Crippen molar-refractivity contribution in [2.24, 2.45) is 11.3 Å². The van der Waals surface area contributed by atoms with Gasteiger partial charge in [0.05, 0.1) is 6.42 Å². The van der Waals surface area contributed by atoms with Gasteiger partial charge in [0, 0.05) is 17.6 Å². The second kappa shape index (κ2) is 5.11. The van der Waals surface area contributed by atoms with Crippen molar-refractivity contribution < 1.29 is 9.59 Å². The summed E-state index contributed by atoms with van der Waals surface area (Å²) in [6, 6.07) is 8.05. The predicted molar refractivity (Wildman–Crippen MR) is 84.3 cm³/mol. The van der Waals surface area contributed by atoms with Gasteiger partial charge in [-0.25, -0.2) is 0 Å². The summed E-state index contributed by atoms with van der Waals surface area (Å²) in [6.07, 6.45) is 7.43. The Morgan fingerprint density at radius 2 is 1.86 bits per heavy atom. The van der Waals surface area contributed by atoms with E-state index in [1.807, 2.05) is 24.3 Å². The van der Waals surface area contributed by atoms with E-state index in [0.29, 0.717) is 17.9 Å². The van der Waals surface area contributed by atoms with Gasteiger partial charge >= 0.3 is 0 Å². The standard InChI is InChI=1S/C18H22N2O2/c21-16(19-13-6-7-13)10-12-2-4-14(5-3-12)20-17(22)15-11-18(15)8-1-9-18/h2-5,13,15H,1,6-11H2,(H,19,21)(H,20,22). The number of carbonyl (C=O) groups excluding carboxylic acids is 2. The fourth-order valence-corrected chi connectivity index (χ4v) is 3.53. The lowest BCUT2D eigenvalue weighted by atomic mass is 9.79. The molecule has 3 aliphatic carbocycles. The molecule has 3 aliphatic rings. The molecule has 0 aliphatic heterocycles. The third kappa shape index (κ3) is 2.74. The molecule has 3 fully saturated rings. The molecule has 22 heavy (non-hydrogen) atoms. The number of anilines is 1. The molecule has 1 spiro atoms. The Morgan fingerprint density at radius 3 is 2.41 bits per heavy atom. The van der Waals surface area contributed by atoms with Gasteiger partial charge < -0.3 is 10.6 Å². The highest BCUT2D eigenvalue weighted by Crippen LogP contribution is 2.65. The molecule has 0 bridgehead atoms. The molecule has 2 N–H and O–H groups in total. The lowest BCUT2D eigenvalue weighted by Gasteiger charge is -2.26. The van der Waals surface area contributed by atoms with Crippen molar-refractivity contribution in [3.63, 3.8) is 0 Å². The zero-order valence-electron chi connectivity index (χ0n) is 12.7. The summed E-state index contributed by atoms with van der Waals surface area (Å²) in [5.74, 6) is 0.480. The molecule has 3 saturated carbocycles. The lowest BCUT2D eigenvalue weighted by Crippen LogP contribution is -2.26. The van der Waals surface area contributed by atoms with Crippen LogP contribution in [0.25, 0.3) is 0 Å². The van der Waals surface area contributed by atoms with E-state index in [2.05, 4.69) is 10.6 Å². The van der Waals surface area contributed by atoms with Crippen LogP contribution in [0.1, 0.15) is 44.1 Å². The Morgan fingerprint density at radius 1 is 1.14 bits per heavy atom. The van der Waals surface area contributed by atoms with Crippen molar-refractivity contribution in [2.75, 3.05) is 5.32 Å². The normalized spacial score (nSPS) is 24.5. The van der Waals surface area contributed by atoms with Crippen LogP contribution in [0.5, 0.6) is 0 Å². The van der Waals surface area contributed by atoms with E-state index in [9.17, 15) is 9.59 Å². The second-order valence-electron chi connectivity index (χ2n) is 7.18. The molecule has 4 heteroatoms. The highest BCUT2D eigenvalue weighted by Gasteiger charge is 2.60. The summed E-state index contributed by atoms with van der Waals surface area (Å²) in [4.78, 5) is 24.0. The van der Waals surface area contributed by atoms with Crippen LogP contribution >= 0.6 is 0 Å². The largest absolute Gasteiger partial charge is 0.353 e. The average molecular weight is 298 g/mol. The molecular formula is C18H22N2O2. The fourth-order valence-electron chi connectivity index (χ4n) is 3.53. The number of hydrogen-bond donors (Lipinski definition) is 2. The SMILES string of the molecule is O=C(Cc1ccc(NC(=O)C2CC23CCC3)cc1)NC1CC1. The summed E-state index contributed by atoms with van der Waals surface area (Å²) in [6.45, 7) is 0. The minimum absolute atomic E-state index is 0.0872. The minimum Gasteiger partial charge on any atom is -0.353 e. The first-order valence-electron chi connectivity index (χ1n) is 8.34. The van der Waals surface area contributed by atoms with Gasteiger partial charge in [0.15, 0.2) is 0 Å². The Bertz CT molecular complexity index is 600. The molecule has 0 aromatic heterocycles. The van der Waals surface area contributed by atoms with E-state index in [1.165, 1.54) is 19.3 Å². The first kappa shape index (κ1) is 13.8. The summed E-state index contributed by atoms with van der Waals surface area (Å²) >= 11 is 0. The molecule has 0 saturated heterocycles. The van der Waals surface area contributed by atoms with Crippen molar-refractivity contribution >= 4 is 17.5 Å². The zero-order chi connectivity index (χ0) is 15.2. The van der Waals surface area contributed by atoms with Gasteiger partial charge in [-0.05, 0) is 55.2 Å². The molecule has 4 nitrogen and oxygen atoms in total. The maximum absolute atomic E-state index is 12.2. The van der Waals surface area contributed by atoms with Gasteiger partial charge in [0.25, 0.3) is 0 Å². The number of benzene rings is 1. The molecule has 4 rings (SSSR count). The molecule has 1 aromatic rings. The third-order valence-corrected chi connectivity index (χ3v) is 5.38. The van der Waals surface area contributed by atoms with E-state index in [0.717, 1.165) is 30.5 Å². The molecule has 116 valence electrons. The molecule has 1 unspecified atom stereocenters. The third-order valence-electron chi connectivity index (χ3n) is 5.38. The van der Waals surface area contributed by atoms with Crippen LogP contribution in [-0.4, -0.2) is 17.9 Å². The van der Waals surface area contributed by atoms with E-state index >= 15 is 0 Å². The van der Waals surface area contributed by atoms with Gasteiger partial charge in [-0.3, -0.25) is 9.59 Å². The molecule has 2 amide bonds. The topological polar surface area (TPSA) is 58.2 Å². The van der Waals surface area contributed by atoms with Crippen LogP contribution in [0, 0.1) is 11.3 Å². The maximum Gasteiger partial charge on any atom is 0.228 e. The fraction of sp³-hybridized carbons (Fsp3) is 0.556. The van der Waals surface area contributed by atoms with Crippen LogP contribution in [0.15, 0.2) is 24.3 Å². The van der Waals surface area contributed by atoms with Crippen molar-refractivity contribution in [3.8, 4) is 0 Å². The van der Waals surface area contributed by atoms with Gasteiger partial charge in [-0.1, -0.05) is 18.6 Å². The number of rotatable bonds is 5. The minimum atomic E-state index is 0.0872. The van der Waals surface area contributed by atoms with E-state index in [4.69, 9.17) is 0 Å². The smallest absolute Gasteiger partial charge is 0.228 e. The quantitative estimate of drug-likeness (QED) is 0.878. The Kier molecular flexibility index (Phi) is 3.21. The number of hydrogen-bond acceptors (Lipinski definition) is 2. The van der Waals surface area contributed by atoms with Gasteiger partial charge in [0.1, 0.15) is 0 Å². The molecular weight excluding hydrogens is 276 g/mol. The number of nitrogens with one attached hydrogen (secondary N) is 2.